The smallest absolute Gasteiger partial charge is 0.254 e. The zero-order valence-electron chi connectivity index (χ0n) is 22.9. The Morgan fingerprint density at radius 1 is 1.00 bits per heavy atom. The molecule has 3 heterocycles. The Bertz CT molecular complexity index is 1530. The summed E-state index contributed by atoms with van der Waals surface area (Å²) >= 11 is 0. The number of primary amides is 1. The first kappa shape index (κ1) is 27.0. The Morgan fingerprint density at radius 3 is 2.42 bits per heavy atom. The first-order chi connectivity index (χ1) is 19.3. The maximum atomic E-state index is 14.3. The molecule has 2 aromatic heterocycles. The van der Waals surface area contributed by atoms with Crippen molar-refractivity contribution in [1.82, 2.24) is 19.9 Å². The van der Waals surface area contributed by atoms with E-state index in [1.165, 1.54) is 13.2 Å². The van der Waals surface area contributed by atoms with Crippen LogP contribution >= 0.6 is 0 Å². The summed E-state index contributed by atoms with van der Waals surface area (Å²) in [6.07, 6.45) is 1.71. The second-order valence-corrected chi connectivity index (χ2v) is 9.78. The average molecular weight is 549 g/mol. The largest absolute Gasteiger partial charge is 0.496 e. The lowest BCUT2D eigenvalue weighted by atomic mass is 10.1. The molecule has 5 N–H and O–H groups in total. The fourth-order valence-electron chi connectivity index (χ4n) is 4.91. The number of aromatic amines is 1. The molecular weight excluding hydrogens is 515 g/mol. The number of H-pyrrole nitrogens is 1. The van der Waals surface area contributed by atoms with E-state index in [1.807, 2.05) is 18.2 Å². The predicted molar refractivity (Wildman–Crippen MR) is 154 cm³/mol. The fourth-order valence-corrected chi connectivity index (χ4v) is 4.91. The number of carbonyl (C=O) groups excluding carboxylic acids is 1. The molecule has 210 valence electrons. The molecule has 2 aromatic carbocycles. The first-order valence-electron chi connectivity index (χ1n) is 13.0. The summed E-state index contributed by atoms with van der Waals surface area (Å²) in [6.45, 7) is 8.33. The van der Waals surface area contributed by atoms with Gasteiger partial charge in [-0.1, -0.05) is 0 Å². The summed E-state index contributed by atoms with van der Waals surface area (Å²) in [5.41, 5.74) is 8.00. The third-order valence-corrected chi connectivity index (χ3v) is 7.04. The number of halogens is 1. The molecule has 0 radical (unpaired) electrons. The van der Waals surface area contributed by atoms with Crippen LogP contribution in [0.4, 0.5) is 33.2 Å². The van der Waals surface area contributed by atoms with Crippen molar-refractivity contribution < 1.29 is 18.7 Å². The molecule has 0 bridgehead atoms. The normalized spacial score (nSPS) is 14.0. The molecule has 1 fully saturated rings. The number of amides is 1. The number of ether oxygens (including phenoxy) is 2. The van der Waals surface area contributed by atoms with Gasteiger partial charge < -0.3 is 35.7 Å². The summed E-state index contributed by atoms with van der Waals surface area (Å²) in [6, 6.07) is 10.5. The van der Waals surface area contributed by atoms with E-state index < -0.39 is 11.7 Å². The number of hydrogen-bond acceptors (Lipinski definition) is 9. The van der Waals surface area contributed by atoms with Crippen LogP contribution in [-0.4, -0.2) is 72.2 Å². The quantitative estimate of drug-likeness (QED) is 0.242. The van der Waals surface area contributed by atoms with Gasteiger partial charge in [0, 0.05) is 56.2 Å². The van der Waals surface area contributed by atoms with Crippen molar-refractivity contribution in [3.05, 3.63) is 54.0 Å². The minimum absolute atomic E-state index is 0.00666. The Morgan fingerprint density at radius 2 is 1.75 bits per heavy atom. The molecule has 12 heteroatoms. The summed E-state index contributed by atoms with van der Waals surface area (Å²) < 4.78 is 25.2. The van der Waals surface area contributed by atoms with Gasteiger partial charge in [0.2, 0.25) is 5.95 Å². The third-order valence-electron chi connectivity index (χ3n) is 7.04. The van der Waals surface area contributed by atoms with Crippen LogP contribution in [0.1, 0.15) is 24.2 Å². The fraction of sp³-hybridized carbons (Fsp3) is 0.321. The van der Waals surface area contributed by atoms with Crippen molar-refractivity contribution in [1.29, 1.82) is 0 Å². The zero-order chi connectivity index (χ0) is 28.4. The molecule has 0 unspecified atom stereocenters. The Labute approximate surface area is 231 Å². The van der Waals surface area contributed by atoms with E-state index in [4.69, 9.17) is 15.2 Å². The molecule has 0 saturated carbocycles. The minimum atomic E-state index is -0.771. The predicted octanol–water partition coefficient (Wildman–Crippen LogP) is 4.23. The monoisotopic (exact) mass is 548 g/mol. The van der Waals surface area contributed by atoms with Crippen LogP contribution in [0, 0.1) is 5.82 Å². The number of nitrogens with one attached hydrogen (secondary N) is 3. The lowest BCUT2D eigenvalue weighted by molar-refractivity contribution is 0.0998. The summed E-state index contributed by atoms with van der Waals surface area (Å²) in [5.74, 6) is -0.117. The highest BCUT2D eigenvalue weighted by Gasteiger charge is 2.21. The van der Waals surface area contributed by atoms with Gasteiger partial charge in [-0.2, -0.15) is 9.97 Å². The Kier molecular flexibility index (Phi) is 7.60. The number of nitrogens with zero attached hydrogens (tertiary/aromatic N) is 4. The first-order valence-corrected chi connectivity index (χ1v) is 13.0. The zero-order valence-corrected chi connectivity index (χ0v) is 22.9. The SMILES string of the molecule is COc1cc(N2CCN(C(C)C)CC2)ccc1Nc1nc(Nc2cc(F)cc(OC)c2C(N)=O)c2cc[nH]c2n1. The van der Waals surface area contributed by atoms with Gasteiger partial charge in [0.25, 0.3) is 5.91 Å². The lowest BCUT2D eigenvalue weighted by Gasteiger charge is -2.38. The molecule has 40 heavy (non-hydrogen) atoms. The summed E-state index contributed by atoms with van der Waals surface area (Å²) in [5, 5.41) is 6.91. The molecule has 1 saturated heterocycles. The van der Waals surface area contributed by atoms with Crippen LogP contribution in [0.25, 0.3) is 11.0 Å². The maximum absolute atomic E-state index is 14.3. The molecule has 0 atom stereocenters. The van der Waals surface area contributed by atoms with E-state index in [-0.39, 0.29) is 22.9 Å². The van der Waals surface area contributed by atoms with E-state index >= 15 is 0 Å². The number of rotatable bonds is 9. The molecule has 5 rings (SSSR count). The standard InChI is InChI=1S/C28H33FN8O3/c1-16(2)36-9-11-37(12-10-36)18-5-6-20(22(15-18)39-3)33-28-34-26-19(7-8-31-26)27(35-28)32-21-13-17(29)14-23(40-4)24(21)25(30)38/h5-8,13-16H,9-12H2,1-4H3,(H2,30,38)(H3,31,32,33,34,35). The van der Waals surface area contributed by atoms with Gasteiger partial charge in [-0.05, 0) is 38.1 Å². The van der Waals surface area contributed by atoms with Crippen molar-refractivity contribution in [3.8, 4) is 11.5 Å². The molecule has 1 aliphatic heterocycles. The van der Waals surface area contributed by atoms with E-state index in [2.05, 4.69) is 49.2 Å². The highest BCUT2D eigenvalue weighted by molar-refractivity contribution is 6.03. The van der Waals surface area contributed by atoms with Crippen molar-refractivity contribution in [2.75, 3.05) is 55.9 Å². The number of aromatic nitrogens is 3. The van der Waals surface area contributed by atoms with Gasteiger partial charge in [-0.25, -0.2) is 4.39 Å². The van der Waals surface area contributed by atoms with E-state index in [0.717, 1.165) is 37.9 Å². The number of anilines is 5. The topological polar surface area (TPSA) is 134 Å². The molecular formula is C28H33FN8O3. The molecule has 11 nitrogen and oxygen atoms in total. The summed E-state index contributed by atoms with van der Waals surface area (Å²) in [7, 11) is 2.96. The van der Waals surface area contributed by atoms with Crippen LogP contribution < -0.4 is 30.7 Å². The van der Waals surface area contributed by atoms with E-state index in [9.17, 15) is 9.18 Å². The lowest BCUT2D eigenvalue weighted by Crippen LogP contribution is -2.48. The van der Waals surface area contributed by atoms with Gasteiger partial charge >= 0.3 is 0 Å². The molecule has 0 aliphatic carbocycles. The maximum Gasteiger partial charge on any atom is 0.254 e. The number of benzene rings is 2. The Hall–Kier alpha value is -4.58. The highest BCUT2D eigenvalue weighted by atomic mass is 19.1. The van der Waals surface area contributed by atoms with Crippen molar-refractivity contribution in [3.63, 3.8) is 0 Å². The average Bonchev–Trinajstić information content (AvgIpc) is 3.42. The van der Waals surface area contributed by atoms with Gasteiger partial charge in [0.05, 0.1) is 31.0 Å². The molecule has 0 spiro atoms. The van der Waals surface area contributed by atoms with Crippen molar-refractivity contribution in [2.45, 2.75) is 19.9 Å². The number of nitrogens with two attached hydrogens (primary N) is 1. The number of methoxy groups -OCH3 is 2. The van der Waals surface area contributed by atoms with Crippen LogP contribution in [0.2, 0.25) is 0 Å². The second-order valence-electron chi connectivity index (χ2n) is 9.78. The summed E-state index contributed by atoms with van der Waals surface area (Å²) in [4.78, 5) is 29.3. The number of fused-ring (bicyclic) bond motifs is 1. The minimum Gasteiger partial charge on any atom is -0.496 e. The van der Waals surface area contributed by atoms with Gasteiger partial charge in [0.15, 0.2) is 0 Å². The van der Waals surface area contributed by atoms with Crippen LogP contribution in [0.15, 0.2) is 42.6 Å². The number of piperazine rings is 1. The van der Waals surface area contributed by atoms with E-state index in [1.54, 1.807) is 19.4 Å². The number of hydrogen-bond donors (Lipinski definition) is 4. The van der Waals surface area contributed by atoms with Crippen molar-refractivity contribution in [2.24, 2.45) is 5.73 Å². The molecule has 1 aliphatic rings. The van der Waals surface area contributed by atoms with Crippen LogP contribution in [-0.2, 0) is 0 Å². The highest BCUT2D eigenvalue weighted by Crippen LogP contribution is 2.35. The van der Waals surface area contributed by atoms with Crippen LogP contribution in [0.3, 0.4) is 0 Å². The molecule has 4 aromatic rings. The van der Waals surface area contributed by atoms with Gasteiger partial charge in [-0.3, -0.25) is 9.69 Å². The van der Waals surface area contributed by atoms with Gasteiger partial charge in [-0.15, -0.1) is 0 Å². The Balaban J connectivity index is 1.44. The van der Waals surface area contributed by atoms with E-state index in [0.29, 0.717) is 34.3 Å². The second kappa shape index (κ2) is 11.3. The molecule has 1 amide bonds. The van der Waals surface area contributed by atoms with Crippen molar-refractivity contribution >= 4 is 45.8 Å². The van der Waals surface area contributed by atoms with Gasteiger partial charge in [0.1, 0.15) is 34.3 Å². The van der Waals surface area contributed by atoms with Crippen LogP contribution in [0.5, 0.6) is 11.5 Å². The number of carbonyl (C=O) groups is 1. The third kappa shape index (κ3) is 5.43.